The summed E-state index contributed by atoms with van der Waals surface area (Å²) >= 11 is 5.78. The van der Waals surface area contributed by atoms with Gasteiger partial charge < -0.3 is 15.8 Å². The molecule has 0 spiro atoms. The molecule has 120 valence electrons. The van der Waals surface area contributed by atoms with Crippen molar-refractivity contribution in [1.82, 2.24) is 10.3 Å². The summed E-state index contributed by atoms with van der Waals surface area (Å²) in [7, 11) is 0. The van der Waals surface area contributed by atoms with Crippen LogP contribution in [-0.2, 0) is 11.3 Å². The number of hydrogen-bond donors (Lipinski definition) is 2. The third kappa shape index (κ3) is 6.00. The van der Waals surface area contributed by atoms with Gasteiger partial charge in [0.15, 0.2) is 0 Å². The van der Waals surface area contributed by atoms with E-state index in [0.717, 1.165) is 5.56 Å². The molecule has 6 heteroatoms. The van der Waals surface area contributed by atoms with E-state index in [1.54, 1.807) is 12.1 Å². The van der Waals surface area contributed by atoms with E-state index in [4.69, 9.17) is 22.1 Å². The lowest BCUT2D eigenvalue weighted by Crippen LogP contribution is -2.24. The summed E-state index contributed by atoms with van der Waals surface area (Å²) in [5.41, 5.74) is 7.91. The number of alkyl carbamates (subject to hydrolysis) is 1. The molecule has 3 N–H and O–H groups in total. The fourth-order valence-corrected chi connectivity index (χ4v) is 2.00. The van der Waals surface area contributed by atoms with Crippen molar-refractivity contribution < 1.29 is 9.53 Å². The van der Waals surface area contributed by atoms with Crippen LogP contribution in [0.3, 0.4) is 0 Å². The van der Waals surface area contributed by atoms with E-state index < -0.39 is 6.09 Å². The van der Waals surface area contributed by atoms with E-state index in [-0.39, 0.29) is 6.61 Å². The zero-order valence-corrected chi connectivity index (χ0v) is 13.3. The first-order valence-electron chi connectivity index (χ1n) is 7.17. The number of nitrogens with two attached hydrogens (primary N) is 1. The summed E-state index contributed by atoms with van der Waals surface area (Å²) in [6, 6.07) is 11.2. The number of nitrogens with one attached hydrogen (secondary N) is 1. The molecule has 0 radical (unpaired) electrons. The van der Waals surface area contributed by atoms with E-state index in [0.29, 0.717) is 29.4 Å². The number of anilines is 1. The van der Waals surface area contributed by atoms with E-state index in [1.165, 1.54) is 6.20 Å². The van der Waals surface area contributed by atoms with Crippen molar-refractivity contribution in [1.29, 1.82) is 0 Å². The maximum atomic E-state index is 11.5. The fourth-order valence-electron chi connectivity index (χ4n) is 1.83. The largest absolute Gasteiger partial charge is 0.445 e. The van der Waals surface area contributed by atoms with Gasteiger partial charge in [-0.25, -0.2) is 4.79 Å². The molecule has 1 amide bonds. The molecule has 0 aliphatic rings. The van der Waals surface area contributed by atoms with Gasteiger partial charge in [0.25, 0.3) is 0 Å². The van der Waals surface area contributed by atoms with Crippen LogP contribution in [0.15, 0.2) is 48.7 Å². The van der Waals surface area contributed by atoms with E-state index in [9.17, 15) is 4.79 Å². The minimum atomic E-state index is -0.439. The average Bonchev–Trinajstić information content (AvgIpc) is 2.55. The molecule has 0 fully saturated rings. The van der Waals surface area contributed by atoms with Crippen LogP contribution in [-0.4, -0.2) is 17.6 Å². The molecule has 1 aromatic heterocycles. The Labute approximate surface area is 140 Å². The minimum Gasteiger partial charge on any atom is -0.445 e. The van der Waals surface area contributed by atoms with E-state index in [1.807, 2.05) is 36.4 Å². The zero-order valence-electron chi connectivity index (χ0n) is 12.5. The number of amides is 1. The van der Waals surface area contributed by atoms with E-state index in [2.05, 4.69) is 10.3 Å². The highest BCUT2D eigenvalue weighted by molar-refractivity contribution is 6.30. The van der Waals surface area contributed by atoms with Gasteiger partial charge in [-0.3, -0.25) is 4.98 Å². The van der Waals surface area contributed by atoms with Crippen molar-refractivity contribution in [3.05, 3.63) is 65.0 Å². The monoisotopic (exact) mass is 331 g/mol. The molecule has 0 aliphatic carbocycles. The van der Waals surface area contributed by atoms with Gasteiger partial charge in [-0.1, -0.05) is 48.0 Å². The maximum Gasteiger partial charge on any atom is 0.407 e. The number of nitrogen functional groups attached to an aromatic ring is 1. The molecule has 5 nitrogen and oxygen atoms in total. The summed E-state index contributed by atoms with van der Waals surface area (Å²) < 4.78 is 5.10. The summed E-state index contributed by atoms with van der Waals surface area (Å²) in [5, 5.41) is 3.18. The Morgan fingerprint density at radius 1 is 1.35 bits per heavy atom. The Hall–Kier alpha value is -2.53. The predicted molar refractivity (Wildman–Crippen MR) is 91.9 cm³/mol. The smallest absolute Gasteiger partial charge is 0.407 e. The zero-order chi connectivity index (χ0) is 16.5. The topological polar surface area (TPSA) is 77.2 Å². The second-order valence-corrected chi connectivity index (χ2v) is 5.24. The van der Waals surface area contributed by atoms with Crippen molar-refractivity contribution in [3.63, 3.8) is 0 Å². The van der Waals surface area contributed by atoms with Gasteiger partial charge in [-0.15, -0.1) is 0 Å². The molecular formula is C17H18ClN3O2. The number of ether oxygens (including phenoxy) is 1. The number of hydrogen-bond acceptors (Lipinski definition) is 4. The first-order chi connectivity index (χ1) is 11.1. The van der Waals surface area contributed by atoms with Gasteiger partial charge >= 0.3 is 6.09 Å². The minimum absolute atomic E-state index is 0.258. The quantitative estimate of drug-likeness (QED) is 0.792. The number of halogens is 1. The Bertz CT molecular complexity index is 675. The first-order valence-corrected chi connectivity index (χ1v) is 7.55. The number of rotatable bonds is 6. The molecule has 2 aromatic rings. The van der Waals surface area contributed by atoms with Crippen molar-refractivity contribution in [2.24, 2.45) is 0 Å². The summed E-state index contributed by atoms with van der Waals surface area (Å²) in [6.45, 7) is 0.728. The maximum absolute atomic E-state index is 11.5. The lowest BCUT2D eigenvalue weighted by Gasteiger charge is -2.06. The standard InChI is InChI=1S/C17H18ClN3O2/c18-14-10-15(19)16(21-11-14)8-4-5-9-20-17(22)23-12-13-6-2-1-3-7-13/h1-4,6-8,10-11H,5,9,12,19H2,(H,20,22). The lowest BCUT2D eigenvalue weighted by molar-refractivity contribution is 0.140. The highest BCUT2D eigenvalue weighted by atomic mass is 35.5. The molecule has 0 saturated heterocycles. The molecule has 0 saturated carbocycles. The van der Waals surface area contributed by atoms with Crippen molar-refractivity contribution in [3.8, 4) is 0 Å². The highest BCUT2D eigenvalue weighted by Gasteiger charge is 2.01. The second-order valence-electron chi connectivity index (χ2n) is 4.81. The number of carbonyl (C=O) groups excluding carboxylic acids is 1. The van der Waals surface area contributed by atoms with Gasteiger partial charge in [0.05, 0.1) is 16.4 Å². The predicted octanol–water partition coefficient (Wildman–Crippen LogP) is 3.65. The number of carbonyl (C=O) groups is 1. The van der Waals surface area contributed by atoms with Crippen LogP contribution in [0, 0.1) is 0 Å². The molecule has 0 unspecified atom stereocenters. The van der Waals surface area contributed by atoms with Gasteiger partial charge in [-0.05, 0) is 24.1 Å². The van der Waals surface area contributed by atoms with Crippen molar-refractivity contribution in [2.45, 2.75) is 13.0 Å². The van der Waals surface area contributed by atoms with Gasteiger partial charge in [0, 0.05) is 12.7 Å². The summed E-state index contributed by atoms with van der Waals surface area (Å²) in [4.78, 5) is 15.7. The van der Waals surface area contributed by atoms with Crippen molar-refractivity contribution in [2.75, 3.05) is 12.3 Å². The van der Waals surface area contributed by atoms with Crippen LogP contribution in [0.4, 0.5) is 10.5 Å². The van der Waals surface area contributed by atoms with Gasteiger partial charge in [0.1, 0.15) is 6.61 Å². The molecule has 23 heavy (non-hydrogen) atoms. The van der Waals surface area contributed by atoms with Crippen LogP contribution in [0.25, 0.3) is 6.08 Å². The Balaban J connectivity index is 1.66. The normalized spacial score (nSPS) is 10.7. The molecule has 0 aliphatic heterocycles. The molecule has 1 heterocycles. The SMILES string of the molecule is Nc1cc(Cl)cnc1C=CCCNC(=O)OCc1ccccc1. The Morgan fingerprint density at radius 2 is 2.13 bits per heavy atom. The number of benzene rings is 1. The summed E-state index contributed by atoms with van der Waals surface area (Å²) in [6.07, 6.45) is 5.42. The number of aromatic nitrogens is 1. The lowest BCUT2D eigenvalue weighted by atomic mass is 10.2. The average molecular weight is 332 g/mol. The third-order valence-corrected chi connectivity index (χ3v) is 3.19. The van der Waals surface area contributed by atoms with Crippen LogP contribution in [0.1, 0.15) is 17.7 Å². The number of pyridine rings is 1. The van der Waals surface area contributed by atoms with Crippen LogP contribution in [0.2, 0.25) is 5.02 Å². The molecule has 0 bridgehead atoms. The van der Waals surface area contributed by atoms with E-state index >= 15 is 0 Å². The Kier molecular flexibility index (Phi) is 6.44. The summed E-state index contributed by atoms with van der Waals surface area (Å²) in [5.74, 6) is 0. The first kappa shape index (κ1) is 16.8. The third-order valence-electron chi connectivity index (χ3n) is 2.98. The van der Waals surface area contributed by atoms with Gasteiger partial charge in [0.2, 0.25) is 0 Å². The molecule has 1 aromatic carbocycles. The van der Waals surface area contributed by atoms with Crippen molar-refractivity contribution >= 4 is 29.5 Å². The fraction of sp³-hybridized carbons (Fsp3) is 0.176. The van der Waals surface area contributed by atoms with Gasteiger partial charge in [-0.2, -0.15) is 0 Å². The molecule has 0 atom stereocenters. The van der Waals surface area contributed by atoms with Crippen LogP contribution >= 0.6 is 11.6 Å². The molecule has 2 rings (SSSR count). The molecular weight excluding hydrogens is 314 g/mol. The van der Waals surface area contributed by atoms with Crippen LogP contribution < -0.4 is 11.1 Å². The second kappa shape index (κ2) is 8.80. The Morgan fingerprint density at radius 3 is 2.87 bits per heavy atom. The highest BCUT2D eigenvalue weighted by Crippen LogP contribution is 2.16. The van der Waals surface area contributed by atoms with Crippen LogP contribution in [0.5, 0.6) is 0 Å². The number of nitrogens with zero attached hydrogens (tertiary/aromatic N) is 1.